The quantitative estimate of drug-likeness (QED) is 0.0320. The zero-order valence-electron chi connectivity index (χ0n) is 54.3. The third-order valence-electron chi connectivity index (χ3n) is 16.5. The lowest BCUT2D eigenvalue weighted by molar-refractivity contribution is -0.143. The Kier molecular flexibility index (Phi) is 67.9. The van der Waals surface area contributed by atoms with E-state index in [-0.39, 0.29) is 18.5 Å². The van der Waals surface area contributed by atoms with Crippen molar-refractivity contribution >= 4 is 11.9 Å². The van der Waals surface area contributed by atoms with Gasteiger partial charge in [-0.25, -0.2) is 0 Å². The number of hydrogen-bond donors (Lipinski definition) is 3. The van der Waals surface area contributed by atoms with Crippen LogP contribution in [0.2, 0.25) is 0 Å². The molecule has 0 aliphatic carbocycles. The maximum absolute atomic E-state index is 12.4. The summed E-state index contributed by atoms with van der Waals surface area (Å²) in [7, 11) is 0. The first-order valence-corrected chi connectivity index (χ1v) is 36.1. The molecule has 0 saturated carbocycles. The van der Waals surface area contributed by atoms with Crippen molar-refractivity contribution in [1.29, 1.82) is 0 Å². The Bertz CT molecular complexity index is 1400. The SMILES string of the molecule is CCCCCC/C=C\C/C=C\CCCCCCCC(=O)OCCCCCCCCCCCCCCC/C=C\C/C=C\CCCCCCCCCCCCCCCCCCCC(=O)NC(CO)C(O)/C=C/CCCCCCCCCCC. The highest BCUT2D eigenvalue weighted by Gasteiger charge is 2.18. The zero-order valence-corrected chi connectivity index (χ0v) is 54.3. The van der Waals surface area contributed by atoms with Gasteiger partial charge in [0.05, 0.1) is 25.4 Å². The van der Waals surface area contributed by atoms with Crippen LogP contribution in [0.1, 0.15) is 380 Å². The Balaban J connectivity index is 3.36. The predicted molar refractivity (Wildman–Crippen MR) is 356 cm³/mol. The van der Waals surface area contributed by atoms with Crippen LogP contribution < -0.4 is 5.32 Å². The van der Waals surface area contributed by atoms with E-state index >= 15 is 0 Å². The van der Waals surface area contributed by atoms with Crippen molar-refractivity contribution in [3.8, 4) is 0 Å². The van der Waals surface area contributed by atoms with Crippen molar-refractivity contribution in [3.05, 3.63) is 60.8 Å². The molecule has 6 nitrogen and oxygen atoms in total. The lowest BCUT2D eigenvalue weighted by Crippen LogP contribution is -2.45. The van der Waals surface area contributed by atoms with Gasteiger partial charge in [-0.3, -0.25) is 9.59 Å². The number of esters is 1. The van der Waals surface area contributed by atoms with Crippen LogP contribution in [-0.2, 0) is 14.3 Å². The molecule has 81 heavy (non-hydrogen) atoms. The number of amides is 1. The molecule has 2 atom stereocenters. The van der Waals surface area contributed by atoms with Crippen LogP contribution >= 0.6 is 0 Å². The molecule has 0 radical (unpaired) electrons. The predicted octanol–water partition coefficient (Wildman–Crippen LogP) is 23.4. The summed E-state index contributed by atoms with van der Waals surface area (Å²) in [5, 5.41) is 23.1. The molecule has 0 aromatic carbocycles. The first kappa shape index (κ1) is 78.6. The smallest absolute Gasteiger partial charge is 0.305 e. The number of nitrogens with one attached hydrogen (secondary N) is 1. The summed E-state index contributed by atoms with van der Waals surface area (Å²) in [5.74, 6) is -0.0609. The van der Waals surface area contributed by atoms with Gasteiger partial charge in [-0.1, -0.05) is 331 Å². The summed E-state index contributed by atoms with van der Waals surface area (Å²) >= 11 is 0. The Labute approximate surface area is 505 Å². The van der Waals surface area contributed by atoms with Crippen LogP contribution in [0.15, 0.2) is 60.8 Å². The highest BCUT2D eigenvalue weighted by atomic mass is 16.5. The average Bonchev–Trinajstić information content (AvgIpc) is 3.47. The van der Waals surface area contributed by atoms with E-state index in [1.807, 2.05) is 6.08 Å². The zero-order chi connectivity index (χ0) is 58.5. The first-order valence-electron chi connectivity index (χ1n) is 36.1. The molecular weight excluding hydrogens is 995 g/mol. The molecule has 6 heteroatoms. The van der Waals surface area contributed by atoms with Crippen molar-refractivity contribution < 1.29 is 24.5 Å². The van der Waals surface area contributed by atoms with E-state index in [0.29, 0.717) is 19.4 Å². The minimum Gasteiger partial charge on any atom is -0.466 e. The van der Waals surface area contributed by atoms with Gasteiger partial charge in [0.1, 0.15) is 0 Å². The first-order chi connectivity index (χ1) is 40.0. The van der Waals surface area contributed by atoms with Gasteiger partial charge in [0.25, 0.3) is 0 Å². The molecule has 0 fully saturated rings. The van der Waals surface area contributed by atoms with Crippen LogP contribution in [-0.4, -0.2) is 47.4 Å². The Hall–Kier alpha value is -2.44. The highest BCUT2D eigenvalue weighted by molar-refractivity contribution is 5.76. The largest absolute Gasteiger partial charge is 0.466 e. The van der Waals surface area contributed by atoms with Crippen LogP contribution in [0.4, 0.5) is 0 Å². The maximum atomic E-state index is 12.4. The monoisotopic (exact) mass is 1130 g/mol. The minimum atomic E-state index is -0.842. The number of rotatable bonds is 67. The van der Waals surface area contributed by atoms with Crippen molar-refractivity contribution in [3.63, 3.8) is 0 Å². The molecule has 0 rings (SSSR count). The summed E-state index contributed by atoms with van der Waals surface area (Å²) in [6, 6.07) is -0.625. The Morgan fingerprint density at radius 2 is 0.617 bits per heavy atom. The standard InChI is InChI=1S/C75H139NO5/c1-3-5-7-9-11-13-15-16-17-42-45-49-53-57-61-65-69-75(80)81-70-66-62-58-54-50-46-43-40-38-36-34-32-30-28-26-24-22-20-18-19-21-23-25-27-29-31-33-35-37-39-41-44-48-52-56-60-64-68-74(79)76-72(71-77)73(78)67-63-59-55-51-47-14-12-10-8-6-4-2/h13,15,17-18,20,24,26,42,63,67,72-73,77-78H,3-12,14,16,19,21-23,25,27-41,43-62,64-66,68-71H2,1-2H3,(H,76,79)/b15-13-,20-18-,26-24-,42-17-,67-63+. The van der Waals surface area contributed by atoms with Gasteiger partial charge in [-0.15, -0.1) is 0 Å². The van der Waals surface area contributed by atoms with Gasteiger partial charge in [-0.05, 0) is 96.3 Å². The van der Waals surface area contributed by atoms with Crippen molar-refractivity contribution in [2.75, 3.05) is 13.2 Å². The van der Waals surface area contributed by atoms with Gasteiger partial charge >= 0.3 is 5.97 Å². The molecule has 474 valence electrons. The summed E-state index contributed by atoms with van der Waals surface area (Å²) in [6.45, 7) is 4.88. The van der Waals surface area contributed by atoms with E-state index in [9.17, 15) is 19.8 Å². The molecule has 0 saturated heterocycles. The van der Waals surface area contributed by atoms with E-state index in [0.717, 1.165) is 57.8 Å². The van der Waals surface area contributed by atoms with Crippen LogP contribution in [0.5, 0.6) is 0 Å². The number of allylic oxidation sites excluding steroid dienone is 9. The molecule has 2 unspecified atom stereocenters. The second-order valence-electron chi connectivity index (χ2n) is 24.6. The second kappa shape index (κ2) is 70.0. The number of aliphatic hydroxyl groups is 2. The third-order valence-corrected chi connectivity index (χ3v) is 16.5. The Morgan fingerprint density at radius 3 is 0.951 bits per heavy atom. The second-order valence-corrected chi connectivity index (χ2v) is 24.6. The van der Waals surface area contributed by atoms with Gasteiger partial charge in [0.15, 0.2) is 0 Å². The van der Waals surface area contributed by atoms with Crippen LogP contribution in [0.3, 0.4) is 0 Å². The average molecular weight is 1130 g/mol. The summed E-state index contributed by atoms with van der Waals surface area (Å²) < 4.78 is 5.49. The van der Waals surface area contributed by atoms with Crippen molar-refractivity contribution in [2.45, 2.75) is 392 Å². The highest BCUT2D eigenvalue weighted by Crippen LogP contribution is 2.18. The number of hydrogen-bond acceptors (Lipinski definition) is 5. The fourth-order valence-electron chi connectivity index (χ4n) is 11.0. The third kappa shape index (κ3) is 66.6. The normalized spacial score (nSPS) is 12.9. The topological polar surface area (TPSA) is 95.9 Å². The van der Waals surface area contributed by atoms with E-state index in [2.05, 4.69) is 67.8 Å². The van der Waals surface area contributed by atoms with Gasteiger partial charge < -0.3 is 20.3 Å². The molecule has 0 aromatic rings. The summed E-state index contributed by atoms with van der Waals surface area (Å²) in [5.41, 5.74) is 0. The van der Waals surface area contributed by atoms with Gasteiger partial charge in [-0.2, -0.15) is 0 Å². The van der Waals surface area contributed by atoms with Crippen LogP contribution in [0.25, 0.3) is 0 Å². The lowest BCUT2D eigenvalue weighted by atomic mass is 10.0. The molecule has 0 aliphatic rings. The number of carbonyl (C=O) groups excluding carboxylic acids is 2. The summed E-state index contributed by atoms with van der Waals surface area (Å²) in [4.78, 5) is 24.5. The molecule has 0 aliphatic heterocycles. The van der Waals surface area contributed by atoms with Gasteiger partial charge in [0.2, 0.25) is 5.91 Å². The van der Waals surface area contributed by atoms with Gasteiger partial charge in [0, 0.05) is 12.8 Å². The molecule has 0 bridgehead atoms. The van der Waals surface area contributed by atoms with Crippen LogP contribution in [0, 0.1) is 0 Å². The molecular formula is C75H139NO5. The van der Waals surface area contributed by atoms with E-state index in [4.69, 9.17) is 4.74 Å². The van der Waals surface area contributed by atoms with Crippen molar-refractivity contribution in [2.24, 2.45) is 0 Å². The minimum absolute atomic E-state index is 0.00486. The molecule has 0 heterocycles. The van der Waals surface area contributed by atoms with E-state index in [1.54, 1.807) is 6.08 Å². The Morgan fingerprint density at radius 1 is 0.346 bits per heavy atom. The molecule has 0 aromatic heterocycles. The number of carbonyl (C=O) groups is 2. The number of ether oxygens (including phenoxy) is 1. The lowest BCUT2D eigenvalue weighted by Gasteiger charge is -2.20. The van der Waals surface area contributed by atoms with E-state index in [1.165, 1.54) is 295 Å². The molecule has 1 amide bonds. The number of aliphatic hydroxyl groups excluding tert-OH is 2. The maximum Gasteiger partial charge on any atom is 0.305 e. The molecule has 3 N–H and O–H groups in total. The van der Waals surface area contributed by atoms with E-state index < -0.39 is 12.1 Å². The fourth-order valence-corrected chi connectivity index (χ4v) is 11.0. The number of unbranched alkanes of at least 4 members (excludes halogenated alkanes) is 48. The molecule has 0 spiro atoms. The van der Waals surface area contributed by atoms with Crippen molar-refractivity contribution in [1.82, 2.24) is 5.32 Å². The summed E-state index contributed by atoms with van der Waals surface area (Å²) in [6.07, 6.45) is 93.2. The fraction of sp³-hybridized carbons (Fsp3) is 0.840.